The molecule has 18 heteroatoms. The fourth-order valence-electron chi connectivity index (χ4n) is 2.68. The third-order valence-electron chi connectivity index (χ3n) is 4.09. The standard InChI is InChI=1S/2C9H9N5.C3H6N6.2CH2O/c2*10-8-12-7(13-9(11)14-8)6-4-2-1-3-5-6;4-1-7-2(5)9-3(6)8-1;2*1-2/h2*1-5H,(H4,10,11,12,13,14);(H6,4,5,6,7,8,9);2*1H2. The molecule has 0 saturated carbocycles. The summed E-state index contributed by atoms with van der Waals surface area (Å²) in [6, 6.07) is 18.9. The van der Waals surface area contributed by atoms with Crippen molar-refractivity contribution in [2.45, 2.75) is 0 Å². The number of hydrogen-bond donors (Lipinski definition) is 7. The number of nitrogen functional groups attached to an aromatic ring is 7. The number of hydrogen-bond acceptors (Lipinski definition) is 18. The molecule has 0 radical (unpaired) electrons. The summed E-state index contributed by atoms with van der Waals surface area (Å²) in [6.07, 6.45) is 0. The lowest BCUT2D eigenvalue weighted by Crippen LogP contribution is -2.05. The Balaban J connectivity index is 0.000000296. The zero-order valence-corrected chi connectivity index (χ0v) is 21.6. The lowest BCUT2D eigenvalue weighted by molar-refractivity contribution is -0.0987. The SMILES string of the molecule is C=O.C=O.Nc1nc(N)nc(-c2ccccc2)n1.Nc1nc(N)nc(-c2ccccc2)n1.Nc1nc(N)nc(N)n1. The first-order valence-electron chi connectivity index (χ1n) is 10.9. The van der Waals surface area contributed by atoms with Crippen molar-refractivity contribution in [3.63, 3.8) is 0 Å². The minimum absolute atomic E-state index is 0.0417. The van der Waals surface area contributed by atoms with Gasteiger partial charge in [-0.25, -0.2) is 0 Å². The third-order valence-corrected chi connectivity index (χ3v) is 4.09. The Bertz CT molecular complexity index is 1310. The molecule has 0 aliphatic carbocycles. The van der Waals surface area contributed by atoms with Gasteiger partial charge < -0.3 is 49.7 Å². The fourth-order valence-corrected chi connectivity index (χ4v) is 2.68. The van der Waals surface area contributed by atoms with Crippen LogP contribution < -0.4 is 40.1 Å². The largest absolute Gasteiger partial charge is 0.368 e. The molecule has 0 amide bonds. The Labute approximate surface area is 233 Å². The first kappa shape index (κ1) is 32.4. The Morgan fingerprint density at radius 1 is 0.341 bits per heavy atom. The van der Waals surface area contributed by atoms with Crippen molar-refractivity contribution in [2.24, 2.45) is 0 Å². The van der Waals surface area contributed by atoms with Crippen molar-refractivity contribution in [2.75, 3.05) is 40.1 Å². The van der Waals surface area contributed by atoms with Crippen LogP contribution in [0.2, 0.25) is 0 Å². The Morgan fingerprint density at radius 3 is 0.756 bits per heavy atom. The van der Waals surface area contributed by atoms with E-state index in [-0.39, 0.29) is 41.6 Å². The molecule has 2 aromatic carbocycles. The van der Waals surface area contributed by atoms with Crippen LogP contribution >= 0.6 is 0 Å². The molecule has 0 saturated heterocycles. The molecule has 41 heavy (non-hydrogen) atoms. The highest BCUT2D eigenvalue weighted by Gasteiger charge is 2.04. The molecule has 18 nitrogen and oxygen atoms in total. The van der Waals surface area contributed by atoms with Crippen LogP contribution in [0.4, 0.5) is 41.6 Å². The lowest BCUT2D eigenvalue weighted by atomic mass is 10.2. The summed E-state index contributed by atoms with van der Waals surface area (Å²) in [6.45, 7) is 4.00. The second kappa shape index (κ2) is 17.0. The van der Waals surface area contributed by atoms with E-state index in [1.54, 1.807) is 0 Å². The van der Waals surface area contributed by atoms with E-state index in [1.807, 2.05) is 74.2 Å². The first-order valence-corrected chi connectivity index (χ1v) is 10.9. The van der Waals surface area contributed by atoms with Crippen molar-refractivity contribution in [1.82, 2.24) is 44.9 Å². The van der Waals surface area contributed by atoms with E-state index < -0.39 is 0 Å². The molecule has 0 aliphatic rings. The van der Waals surface area contributed by atoms with Crippen LogP contribution in [0.5, 0.6) is 0 Å². The molecule has 14 N–H and O–H groups in total. The second-order valence-corrected chi connectivity index (χ2v) is 6.89. The minimum atomic E-state index is 0.0417. The number of nitrogens with two attached hydrogens (primary N) is 7. The van der Waals surface area contributed by atoms with Crippen molar-refractivity contribution in [3.8, 4) is 22.8 Å². The van der Waals surface area contributed by atoms with Gasteiger partial charge in [0.1, 0.15) is 13.6 Å². The molecule has 0 bridgehead atoms. The second-order valence-electron chi connectivity index (χ2n) is 6.89. The maximum Gasteiger partial charge on any atom is 0.226 e. The van der Waals surface area contributed by atoms with Crippen LogP contribution in [0.3, 0.4) is 0 Å². The van der Waals surface area contributed by atoms with Crippen molar-refractivity contribution >= 4 is 55.2 Å². The Morgan fingerprint density at radius 2 is 0.537 bits per heavy atom. The molecule has 3 heterocycles. The summed E-state index contributed by atoms with van der Waals surface area (Å²) >= 11 is 0. The van der Waals surface area contributed by atoms with Gasteiger partial charge >= 0.3 is 0 Å². The average Bonchev–Trinajstić information content (AvgIpc) is 2.95. The first-order chi connectivity index (χ1) is 19.7. The van der Waals surface area contributed by atoms with Crippen LogP contribution in [0, 0.1) is 0 Å². The monoisotopic (exact) mass is 560 g/mol. The molecule has 0 atom stereocenters. The molecule has 0 unspecified atom stereocenters. The van der Waals surface area contributed by atoms with E-state index in [0.717, 1.165) is 11.1 Å². The maximum atomic E-state index is 8.00. The number of rotatable bonds is 2. The minimum Gasteiger partial charge on any atom is -0.368 e. The quantitative estimate of drug-likeness (QED) is 0.145. The van der Waals surface area contributed by atoms with Gasteiger partial charge in [0.05, 0.1) is 0 Å². The van der Waals surface area contributed by atoms with Gasteiger partial charge in [-0.05, 0) is 0 Å². The molecular formula is C23H28N16O2. The van der Waals surface area contributed by atoms with E-state index >= 15 is 0 Å². The molecule has 0 spiro atoms. The Hall–Kier alpha value is -6.59. The van der Waals surface area contributed by atoms with Crippen LogP contribution in [-0.4, -0.2) is 58.4 Å². The highest BCUT2D eigenvalue weighted by molar-refractivity contribution is 5.57. The molecule has 5 aromatic rings. The number of benzene rings is 2. The van der Waals surface area contributed by atoms with Crippen LogP contribution in [-0.2, 0) is 9.59 Å². The number of nitrogens with zero attached hydrogens (tertiary/aromatic N) is 9. The summed E-state index contributed by atoms with van der Waals surface area (Å²) in [7, 11) is 0. The molecule has 0 fully saturated rings. The topological polar surface area (TPSA) is 332 Å². The summed E-state index contributed by atoms with van der Waals surface area (Å²) in [5.74, 6) is 1.66. The van der Waals surface area contributed by atoms with Crippen LogP contribution in [0.1, 0.15) is 0 Å². The van der Waals surface area contributed by atoms with Crippen LogP contribution in [0.25, 0.3) is 22.8 Å². The van der Waals surface area contributed by atoms with Crippen molar-refractivity contribution in [3.05, 3.63) is 60.7 Å². The predicted molar refractivity (Wildman–Crippen MR) is 155 cm³/mol. The van der Waals surface area contributed by atoms with Crippen molar-refractivity contribution in [1.29, 1.82) is 0 Å². The van der Waals surface area contributed by atoms with Gasteiger partial charge in [-0.1, -0.05) is 60.7 Å². The average molecular weight is 561 g/mol. The number of aromatic nitrogens is 9. The van der Waals surface area contributed by atoms with E-state index in [4.69, 9.17) is 49.7 Å². The molecular weight excluding hydrogens is 532 g/mol. The van der Waals surface area contributed by atoms with Gasteiger partial charge in [0.25, 0.3) is 0 Å². The molecule has 3 aromatic heterocycles. The third kappa shape index (κ3) is 11.6. The predicted octanol–water partition coefficient (Wildman–Crippen LogP) is -0.346. The summed E-state index contributed by atoms with van der Waals surface area (Å²) in [4.78, 5) is 49.8. The van der Waals surface area contributed by atoms with Gasteiger partial charge in [-0.3, -0.25) is 0 Å². The number of carbonyl (C=O) groups excluding carboxylic acids is 2. The smallest absolute Gasteiger partial charge is 0.226 e. The highest BCUT2D eigenvalue weighted by atomic mass is 16.1. The van der Waals surface area contributed by atoms with E-state index in [1.165, 1.54) is 0 Å². The Kier molecular flexibility index (Phi) is 13.5. The van der Waals surface area contributed by atoms with E-state index in [9.17, 15) is 0 Å². The normalized spacial score (nSPS) is 9.07. The van der Waals surface area contributed by atoms with E-state index in [2.05, 4.69) is 44.9 Å². The fraction of sp³-hybridized carbons (Fsp3) is 0. The van der Waals surface area contributed by atoms with Crippen LogP contribution in [0.15, 0.2) is 60.7 Å². The lowest BCUT2D eigenvalue weighted by Gasteiger charge is -2.00. The van der Waals surface area contributed by atoms with Gasteiger partial charge in [0.15, 0.2) is 11.6 Å². The summed E-state index contributed by atoms with van der Waals surface area (Å²) in [5, 5.41) is 0. The molecule has 212 valence electrons. The number of anilines is 7. The molecule has 0 aliphatic heterocycles. The van der Waals surface area contributed by atoms with Gasteiger partial charge in [-0.15, -0.1) is 0 Å². The van der Waals surface area contributed by atoms with E-state index in [0.29, 0.717) is 11.6 Å². The molecule has 5 rings (SSSR count). The zero-order chi connectivity index (χ0) is 30.8. The van der Waals surface area contributed by atoms with Gasteiger partial charge in [0, 0.05) is 11.1 Å². The van der Waals surface area contributed by atoms with Gasteiger partial charge in [-0.2, -0.15) is 44.9 Å². The zero-order valence-electron chi connectivity index (χ0n) is 21.6. The number of carbonyl (C=O) groups is 2. The van der Waals surface area contributed by atoms with Gasteiger partial charge in [0.2, 0.25) is 41.6 Å². The summed E-state index contributed by atoms with van der Waals surface area (Å²) < 4.78 is 0. The highest BCUT2D eigenvalue weighted by Crippen LogP contribution is 2.15. The summed E-state index contributed by atoms with van der Waals surface area (Å²) in [5.41, 5.74) is 39.0. The maximum absolute atomic E-state index is 8.00. The van der Waals surface area contributed by atoms with Crippen molar-refractivity contribution < 1.29 is 9.59 Å².